The van der Waals surface area contributed by atoms with Gasteiger partial charge in [-0.05, 0) is 59.8 Å². The van der Waals surface area contributed by atoms with Gasteiger partial charge in [-0.3, -0.25) is 0 Å². The van der Waals surface area contributed by atoms with Crippen LogP contribution in [0.3, 0.4) is 0 Å². The van der Waals surface area contributed by atoms with Crippen molar-refractivity contribution in [2.45, 2.75) is 6.92 Å². The standard InChI is InChI=1S/C16H13IN2O2/c1-2-21-16(20)11-5-8-13-14(9-11)19-15(18-13)10-3-6-12(17)7-4-10/h3-9H,2H2,1H3,(H,18,19). The maximum absolute atomic E-state index is 11.7. The number of benzene rings is 2. The van der Waals surface area contributed by atoms with E-state index in [1.54, 1.807) is 19.1 Å². The van der Waals surface area contributed by atoms with Crippen molar-refractivity contribution in [2.24, 2.45) is 0 Å². The molecule has 0 aliphatic rings. The fourth-order valence-corrected chi connectivity index (χ4v) is 2.46. The van der Waals surface area contributed by atoms with Crippen molar-refractivity contribution in [3.8, 4) is 11.4 Å². The third-order valence-electron chi connectivity index (χ3n) is 3.11. The van der Waals surface area contributed by atoms with Crippen molar-refractivity contribution >= 4 is 39.6 Å². The Morgan fingerprint density at radius 1 is 1.24 bits per heavy atom. The van der Waals surface area contributed by atoms with E-state index in [-0.39, 0.29) is 5.97 Å². The summed E-state index contributed by atoms with van der Waals surface area (Å²) in [6.45, 7) is 2.16. The normalized spacial score (nSPS) is 10.8. The second-order valence-corrected chi connectivity index (χ2v) is 5.79. The molecule has 0 aliphatic heterocycles. The molecule has 5 heteroatoms. The van der Waals surface area contributed by atoms with Crippen molar-refractivity contribution in [2.75, 3.05) is 6.61 Å². The van der Waals surface area contributed by atoms with Gasteiger partial charge in [0.05, 0.1) is 23.2 Å². The van der Waals surface area contributed by atoms with Crippen molar-refractivity contribution < 1.29 is 9.53 Å². The van der Waals surface area contributed by atoms with Crippen molar-refractivity contribution in [3.63, 3.8) is 0 Å². The molecule has 0 radical (unpaired) electrons. The van der Waals surface area contributed by atoms with Gasteiger partial charge in [0.15, 0.2) is 0 Å². The molecule has 3 rings (SSSR count). The number of carbonyl (C=O) groups is 1. The molecule has 0 spiro atoms. The van der Waals surface area contributed by atoms with Crippen LogP contribution >= 0.6 is 22.6 Å². The zero-order chi connectivity index (χ0) is 14.8. The zero-order valence-electron chi connectivity index (χ0n) is 11.4. The second-order valence-electron chi connectivity index (χ2n) is 4.54. The number of fused-ring (bicyclic) bond motifs is 1. The fraction of sp³-hybridized carbons (Fsp3) is 0.125. The van der Waals surface area contributed by atoms with Crippen LogP contribution in [0.4, 0.5) is 0 Å². The van der Waals surface area contributed by atoms with Gasteiger partial charge in [0.2, 0.25) is 0 Å². The number of hydrogen-bond acceptors (Lipinski definition) is 3. The molecule has 21 heavy (non-hydrogen) atoms. The van der Waals surface area contributed by atoms with E-state index in [1.807, 2.05) is 30.3 Å². The molecule has 4 nitrogen and oxygen atoms in total. The van der Waals surface area contributed by atoms with Crippen LogP contribution in [-0.4, -0.2) is 22.5 Å². The Hall–Kier alpha value is -1.89. The van der Waals surface area contributed by atoms with Crippen LogP contribution in [0.2, 0.25) is 0 Å². The number of ether oxygens (including phenoxy) is 1. The Morgan fingerprint density at radius 2 is 2.00 bits per heavy atom. The lowest BCUT2D eigenvalue weighted by atomic mass is 10.2. The predicted molar refractivity (Wildman–Crippen MR) is 90.2 cm³/mol. The van der Waals surface area contributed by atoms with Gasteiger partial charge in [-0.25, -0.2) is 9.78 Å². The number of nitrogens with zero attached hydrogens (tertiary/aromatic N) is 1. The number of nitrogens with one attached hydrogen (secondary N) is 1. The summed E-state index contributed by atoms with van der Waals surface area (Å²) < 4.78 is 6.19. The summed E-state index contributed by atoms with van der Waals surface area (Å²) in [4.78, 5) is 19.5. The van der Waals surface area contributed by atoms with Gasteiger partial charge in [-0.15, -0.1) is 0 Å². The molecular weight excluding hydrogens is 379 g/mol. The average Bonchev–Trinajstić information content (AvgIpc) is 2.91. The lowest BCUT2D eigenvalue weighted by Gasteiger charge is -2.00. The molecule has 0 fully saturated rings. The predicted octanol–water partition coefficient (Wildman–Crippen LogP) is 4.01. The Balaban J connectivity index is 2.00. The third-order valence-corrected chi connectivity index (χ3v) is 3.83. The van der Waals surface area contributed by atoms with Gasteiger partial charge in [-0.2, -0.15) is 0 Å². The Kier molecular flexibility index (Phi) is 3.92. The van der Waals surface area contributed by atoms with E-state index in [0.717, 1.165) is 22.4 Å². The van der Waals surface area contributed by atoms with Gasteiger partial charge >= 0.3 is 5.97 Å². The topological polar surface area (TPSA) is 55.0 Å². The Bertz CT molecular complexity index is 794. The lowest BCUT2D eigenvalue weighted by molar-refractivity contribution is 0.0526. The second kappa shape index (κ2) is 5.85. The van der Waals surface area contributed by atoms with E-state index < -0.39 is 0 Å². The number of imidazole rings is 1. The van der Waals surface area contributed by atoms with E-state index >= 15 is 0 Å². The first-order valence-corrected chi connectivity index (χ1v) is 7.68. The van der Waals surface area contributed by atoms with Crippen molar-refractivity contribution in [3.05, 3.63) is 51.6 Å². The Morgan fingerprint density at radius 3 is 2.71 bits per heavy atom. The van der Waals surface area contributed by atoms with E-state index in [2.05, 4.69) is 32.6 Å². The van der Waals surface area contributed by atoms with Crippen LogP contribution in [0.15, 0.2) is 42.5 Å². The molecular formula is C16H13IN2O2. The van der Waals surface area contributed by atoms with E-state index in [9.17, 15) is 4.79 Å². The first-order chi connectivity index (χ1) is 10.2. The van der Waals surface area contributed by atoms with E-state index in [1.165, 1.54) is 3.57 Å². The fourth-order valence-electron chi connectivity index (χ4n) is 2.10. The highest BCUT2D eigenvalue weighted by molar-refractivity contribution is 14.1. The number of H-pyrrole nitrogens is 1. The van der Waals surface area contributed by atoms with Gasteiger partial charge in [-0.1, -0.05) is 12.1 Å². The molecule has 0 amide bonds. The largest absolute Gasteiger partial charge is 0.462 e. The maximum Gasteiger partial charge on any atom is 0.338 e. The van der Waals surface area contributed by atoms with Gasteiger partial charge in [0.1, 0.15) is 5.82 Å². The smallest absolute Gasteiger partial charge is 0.338 e. The first-order valence-electron chi connectivity index (χ1n) is 6.60. The number of carbonyl (C=O) groups excluding carboxylic acids is 1. The number of esters is 1. The molecule has 3 aromatic rings. The molecule has 0 atom stereocenters. The van der Waals surface area contributed by atoms with Crippen molar-refractivity contribution in [1.82, 2.24) is 9.97 Å². The number of rotatable bonds is 3. The first kappa shape index (κ1) is 14.1. The summed E-state index contributed by atoms with van der Waals surface area (Å²) in [7, 11) is 0. The molecule has 1 heterocycles. The Labute approximate surface area is 135 Å². The van der Waals surface area contributed by atoms with E-state index in [0.29, 0.717) is 12.2 Å². The van der Waals surface area contributed by atoms with Crippen LogP contribution in [-0.2, 0) is 4.74 Å². The minimum Gasteiger partial charge on any atom is -0.462 e. The number of aromatic nitrogens is 2. The van der Waals surface area contributed by atoms with Crippen LogP contribution in [0, 0.1) is 3.57 Å². The van der Waals surface area contributed by atoms with Gasteiger partial charge in [0, 0.05) is 9.13 Å². The highest BCUT2D eigenvalue weighted by atomic mass is 127. The molecule has 106 valence electrons. The number of aromatic amines is 1. The third kappa shape index (κ3) is 2.92. The van der Waals surface area contributed by atoms with E-state index in [4.69, 9.17) is 4.74 Å². The van der Waals surface area contributed by atoms with Gasteiger partial charge in [0.25, 0.3) is 0 Å². The van der Waals surface area contributed by atoms with Crippen molar-refractivity contribution in [1.29, 1.82) is 0 Å². The molecule has 2 aromatic carbocycles. The maximum atomic E-state index is 11.7. The molecule has 0 aliphatic carbocycles. The summed E-state index contributed by atoms with van der Waals surface area (Å²) in [5.41, 5.74) is 3.21. The van der Waals surface area contributed by atoms with Crippen LogP contribution in [0.25, 0.3) is 22.4 Å². The SMILES string of the molecule is CCOC(=O)c1ccc2nc(-c3ccc(I)cc3)[nH]c2c1. The highest BCUT2D eigenvalue weighted by Gasteiger charge is 2.10. The highest BCUT2D eigenvalue weighted by Crippen LogP contribution is 2.22. The molecule has 1 aromatic heterocycles. The molecule has 0 unspecified atom stereocenters. The summed E-state index contributed by atoms with van der Waals surface area (Å²) in [6.07, 6.45) is 0. The van der Waals surface area contributed by atoms with Crippen LogP contribution in [0.5, 0.6) is 0 Å². The molecule has 0 bridgehead atoms. The minimum atomic E-state index is -0.315. The average molecular weight is 392 g/mol. The summed E-state index contributed by atoms with van der Waals surface area (Å²) in [5.74, 6) is 0.479. The summed E-state index contributed by atoms with van der Waals surface area (Å²) in [6, 6.07) is 13.4. The van der Waals surface area contributed by atoms with Crippen LogP contribution < -0.4 is 0 Å². The molecule has 0 saturated heterocycles. The molecule has 0 saturated carbocycles. The summed E-state index contributed by atoms with van der Waals surface area (Å²) >= 11 is 2.27. The number of halogens is 1. The molecule has 1 N–H and O–H groups in total. The van der Waals surface area contributed by atoms with Gasteiger partial charge < -0.3 is 9.72 Å². The summed E-state index contributed by atoms with van der Waals surface area (Å²) in [5, 5.41) is 0. The monoisotopic (exact) mass is 392 g/mol. The number of hydrogen-bond donors (Lipinski definition) is 1. The lowest BCUT2D eigenvalue weighted by Crippen LogP contribution is -2.04. The quantitative estimate of drug-likeness (QED) is 0.541. The zero-order valence-corrected chi connectivity index (χ0v) is 13.5. The van der Waals surface area contributed by atoms with Crippen LogP contribution in [0.1, 0.15) is 17.3 Å². The minimum absolute atomic E-state index is 0.315.